The number of carbonyl (C=O) groups excluding carboxylic acids is 2. The molecule has 5 heterocycles. The standard InChI is InChI=1S/C21H30N6O2/c1-25-8-10-27(11-9-25)21(29)15-2-3-16-17(12-15)23-24-19(16)20(28)22-18-13-26-6-4-14(18)5-7-26/h2-3,12,14,16-18,23H,4-11,13H2,1H3,(H,22,28)/t16?,17?,18-/m1/s1. The molecule has 4 saturated heterocycles. The molecule has 6 aliphatic rings. The summed E-state index contributed by atoms with van der Waals surface area (Å²) in [5.41, 5.74) is 4.29. The summed E-state index contributed by atoms with van der Waals surface area (Å²) < 4.78 is 0. The van der Waals surface area contributed by atoms with E-state index in [0.29, 0.717) is 17.2 Å². The lowest BCUT2D eigenvalue weighted by Crippen LogP contribution is -2.58. The van der Waals surface area contributed by atoms with Crippen LogP contribution in [-0.4, -0.2) is 97.2 Å². The number of amides is 2. The summed E-state index contributed by atoms with van der Waals surface area (Å²) >= 11 is 0. The van der Waals surface area contributed by atoms with Crippen LogP contribution in [0.15, 0.2) is 28.9 Å². The van der Waals surface area contributed by atoms with Gasteiger partial charge in [0.2, 0.25) is 0 Å². The van der Waals surface area contributed by atoms with Gasteiger partial charge in [0, 0.05) is 44.3 Å². The summed E-state index contributed by atoms with van der Waals surface area (Å²) in [6, 6.07) is 0.1000. The SMILES string of the molecule is CN1CCN(C(=O)C2=CC3NN=C(C(=O)N[C@@H]4CN5CCC4CC5)C3C=C2)CC1. The maximum atomic E-state index is 12.9. The molecular weight excluding hydrogens is 368 g/mol. The second kappa shape index (κ2) is 7.57. The van der Waals surface area contributed by atoms with Crippen molar-refractivity contribution in [2.45, 2.75) is 24.9 Å². The van der Waals surface area contributed by atoms with Crippen LogP contribution >= 0.6 is 0 Å². The topological polar surface area (TPSA) is 80.3 Å². The van der Waals surface area contributed by atoms with Gasteiger partial charge in [-0.05, 0) is 45.0 Å². The van der Waals surface area contributed by atoms with Crippen LogP contribution in [0.4, 0.5) is 0 Å². The smallest absolute Gasteiger partial charge is 0.268 e. The summed E-state index contributed by atoms with van der Waals surface area (Å²) in [5.74, 6) is 0.472. The van der Waals surface area contributed by atoms with E-state index in [-0.39, 0.29) is 29.8 Å². The monoisotopic (exact) mass is 398 g/mol. The predicted octanol–water partition coefficient (Wildman–Crippen LogP) is -0.589. The molecule has 0 saturated carbocycles. The van der Waals surface area contributed by atoms with Crippen molar-refractivity contribution in [1.82, 2.24) is 25.4 Å². The number of carbonyl (C=O) groups is 2. The van der Waals surface area contributed by atoms with Crippen LogP contribution in [0.2, 0.25) is 0 Å². The number of nitrogens with zero attached hydrogens (tertiary/aromatic N) is 4. The van der Waals surface area contributed by atoms with Crippen molar-refractivity contribution < 1.29 is 9.59 Å². The van der Waals surface area contributed by atoms with Gasteiger partial charge >= 0.3 is 0 Å². The number of piperidine rings is 3. The van der Waals surface area contributed by atoms with Gasteiger partial charge in [0.15, 0.2) is 0 Å². The zero-order chi connectivity index (χ0) is 20.0. The van der Waals surface area contributed by atoms with Crippen molar-refractivity contribution in [3.05, 3.63) is 23.8 Å². The van der Waals surface area contributed by atoms with Gasteiger partial charge in [0.05, 0.1) is 12.0 Å². The van der Waals surface area contributed by atoms with Crippen molar-refractivity contribution in [3.63, 3.8) is 0 Å². The second-order valence-corrected chi connectivity index (χ2v) is 8.97. The molecule has 2 amide bonds. The maximum absolute atomic E-state index is 12.9. The Hall–Kier alpha value is -2.19. The Morgan fingerprint density at radius 2 is 1.90 bits per heavy atom. The molecule has 8 nitrogen and oxygen atoms in total. The molecular formula is C21H30N6O2. The van der Waals surface area contributed by atoms with E-state index in [0.717, 1.165) is 45.8 Å². The first-order chi connectivity index (χ1) is 14.1. The molecule has 0 aromatic rings. The fourth-order valence-corrected chi connectivity index (χ4v) is 5.18. The number of piperazine rings is 1. The molecule has 0 aromatic heterocycles. The fraction of sp³-hybridized carbons (Fsp3) is 0.667. The Bertz CT molecular complexity index is 774. The lowest BCUT2D eigenvalue weighted by Gasteiger charge is -2.44. The molecule has 0 spiro atoms. The van der Waals surface area contributed by atoms with Crippen LogP contribution in [0, 0.1) is 11.8 Å². The van der Waals surface area contributed by atoms with Gasteiger partial charge in [0.1, 0.15) is 5.71 Å². The Morgan fingerprint density at radius 3 is 2.59 bits per heavy atom. The Kier molecular flexibility index (Phi) is 4.91. The third-order valence-electron chi connectivity index (χ3n) is 7.12. The van der Waals surface area contributed by atoms with E-state index >= 15 is 0 Å². The molecule has 5 aliphatic heterocycles. The van der Waals surface area contributed by atoms with Gasteiger partial charge in [-0.15, -0.1) is 0 Å². The summed E-state index contributed by atoms with van der Waals surface area (Å²) in [6.45, 7) is 6.58. The van der Waals surface area contributed by atoms with Crippen molar-refractivity contribution in [2.75, 3.05) is 52.9 Å². The molecule has 0 aromatic carbocycles. The number of likely N-dealkylation sites (N-methyl/N-ethyl adjacent to an activating group) is 1. The van der Waals surface area contributed by atoms with Gasteiger partial charge in [-0.1, -0.05) is 12.2 Å². The molecule has 8 heteroatoms. The van der Waals surface area contributed by atoms with Crippen LogP contribution in [0.3, 0.4) is 0 Å². The van der Waals surface area contributed by atoms with Gasteiger partial charge in [-0.25, -0.2) is 0 Å². The molecule has 2 bridgehead atoms. The number of hydrogen-bond donors (Lipinski definition) is 2. The average molecular weight is 399 g/mol. The first kappa shape index (κ1) is 18.8. The number of hydrogen-bond acceptors (Lipinski definition) is 6. The maximum Gasteiger partial charge on any atom is 0.268 e. The zero-order valence-electron chi connectivity index (χ0n) is 17.0. The molecule has 156 valence electrons. The van der Waals surface area contributed by atoms with Gasteiger partial charge in [-0.3, -0.25) is 9.59 Å². The van der Waals surface area contributed by atoms with E-state index in [4.69, 9.17) is 0 Å². The van der Waals surface area contributed by atoms with Crippen LogP contribution in [0.1, 0.15) is 12.8 Å². The molecule has 1 aliphatic carbocycles. The summed E-state index contributed by atoms with van der Waals surface area (Å²) in [6.07, 6.45) is 8.10. The van der Waals surface area contributed by atoms with E-state index in [1.54, 1.807) is 0 Å². The highest BCUT2D eigenvalue weighted by molar-refractivity contribution is 6.40. The number of hydrazone groups is 1. The van der Waals surface area contributed by atoms with Gasteiger partial charge in [0.25, 0.3) is 11.8 Å². The van der Waals surface area contributed by atoms with E-state index in [2.05, 4.69) is 32.7 Å². The average Bonchev–Trinajstić information content (AvgIpc) is 3.18. The van der Waals surface area contributed by atoms with E-state index in [1.807, 2.05) is 23.1 Å². The minimum absolute atomic E-state index is 0.0692. The summed E-state index contributed by atoms with van der Waals surface area (Å²) in [5, 5.41) is 7.57. The minimum atomic E-state index is -0.126. The van der Waals surface area contributed by atoms with Crippen molar-refractivity contribution in [3.8, 4) is 0 Å². The van der Waals surface area contributed by atoms with Crippen LogP contribution < -0.4 is 10.7 Å². The molecule has 0 radical (unpaired) electrons. The Labute approximate surface area is 171 Å². The minimum Gasteiger partial charge on any atom is -0.347 e. The van der Waals surface area contributed by atoms with Crippen LogP contribution in [0.25, 0.3) is 0 Å². The van der Waals surface area contributed by atoms with E-state index in [9.17, 15) is 9.59 Å². The zero-order valence-corrected chi connectivity index (χ0v) is 17.0. The first-order valence-electron chi connectivity index (χ1n) is 10.8. The molecule has 2 N–H and O–H groups in total. The van der Waals surface area contributed by atoms with Crippen molar-refractivity contribution in [1.29, 1.82) is 0 Å². The Balaban J connectivity index is 1.20. The number of fused-ring (bicyclic) bond motifs is 4. The fourth-order valence-electron chi connectivity index (χ4n) is 5.18. The lowest BCUT2D eigenvalue weighted by atomic mass is 9.83. The first-order valence-corrected chi connectivity index (χ1v) is 10.8. The summed E-state index contributed by atoms with van der Waals surface area (Å²) in [7, 11) is 2.08. The number of nitrogens with one attached hydrogen (secondary N) is 2. The number of rotatable bonds is 3. The van der Waals surface area contributed by atoms with Gasteiger partial charge in [-0.2, -0.15) is 5.10 Å². The highest BCUT2D eigenvalue weighted by Crippen LogP contribution is 2.28. The van der Waals surface area contributed by atoms with E-state index in [1.165, 1.54) is 12.8 Å². The largest absolute Gasteiger partial charge is 0.347 e. The van der Waals surface area contributed by atoms with Crippen molar-refractivity contribution in [2.24, 2.45) is 16.9 Å². The highest BCUT2D eigenvalue weighted by Gasteiger charge is 2.39. The predicted molar refractivity (Wildman–Crippen MR) is 110 cm³/mol. The third kappa shape index (κ3) is 3.59. The molecule has 2 unspecified atom stereocenters. The molecule has 6 rings (SSSR count). The lowest BCUT2D eigenvalue weighted by molar-refractivity contribution is -0.128. The normalized spacial score (nSPS) is 36.2. The van der Waals surface area contributed by atoms with E-state index < -0.39 is 0 Å². The third-order valence-corrected chi connectivity index (χ3v) is 7.12. The quantitative estimate of drug-likeness (QED) is 0.664. The van der Waals surface area contributed by atoms with Crippen LogP contribution in [0.5, 0.6) is 0 Å². The second-order valence-electron chi connectivity index (χ2n) is 8.97. The summed E-state index contributed by atoms with van der Waals surface area (Å²) in [4.78, 5) is 32.3. The Morgan fingerprint density at radius 1 is 1.14 bits per heavy atom. The van der Waals surface area contributed by atoms with Crippen molar-refractivity contribution >= 4 is 17.5 Å². The highest BCUT2D eigenvalue weighted by atomic mass is 16.2. The van der Waals surface area contributed by atoms with Gasteiger partial charge < -0.3 is 25.4 Å². The molecule has 3 atom stereocenters. The molecule has 29 heavy (non-hydrogen) atoms. The van der Waals surface area contributed by atoms with Crippen LogP contribution in [-0.2, 0) is 9.59 Å². The molecule has 4 fully saturated rings.